The van der Waals surface area contributed by atoms with Crippen LogP contribution in [-0.4, -0.2) is 21.8 Å². The Morgan fingerprint density at radius 1 is 1.67 bits per heavy atom. The highest BCUT2D eigenvalue weighted by Crippen LogP contribution is 2.37. The van der Waals surface area contributed by atoms with Gasteiger partial charge in [0.15, 0.2) is 0 Å². The Labute approximate surface area is 101 Å². The van der Waals surface area contributed by atoms with Gasteiger partial charge in [0.2, 0.25) is 0 Å². The van der Waals surface area contributed by atoms with Gasteiger partial charge in [-0.1, -0.05) is 27.5 Å². The third kappa shape index (κ3) is 2.32. The summed E-state index contributed by atoms with van der Waals surface area (Å²) in [6, 6.07) is 1.63. The van der Waals surface area contributed by atoms with Crippen molar-refractivity contribution in [3.8, 4) is 0 Å². The van der Waals surface area contributed by atoms with Crippen LogP contribution in [0.1, 0.15) is 23.2 Å². The van der Waals surface area contributed by atoms with Crippen LogP contribution < -0.4 is 5.32 Å². The summed E-state index contributed by atoms with van der Waals surface area (Å²) in [4.78, 5) is 15.7. The van der Waals surface area contributed by atoms with Crippen LogP contribution in [0.15, 0.2) is 18.5 Å². The van der Waals surface area contributed by atoms with Gasteiger partial charge in [-0.25, -0.2) is 0 Å². The zero-order chi connectivity index (χ0) is 10.9. The van der Waals surface area contributed by atoms with Crippen molar-refractivity contribution in [2.45, 2.75) is 18.4 Å². The quantitative estimate of drug-likeness (QED) is 0.868. The molecule has 0 saturated heterocycles. The first-order valence-electron chi connectivity index (χ1n) is 4.65. The summed E-state index contributed by atoms with van der Waals surface area (Å²) < 4.78 is 0. The van der Waals surface area contributed by atoms with Crippen LogP contribution in [0.4, 0.5) is 0 Å². The normalized spacial score (nSPS) is 17.2. The molecule has 0 aliphatic heterocycles. The van der Waals surface area contributed by atoms with Crippen LogP contribution in [-0.2, 0) is 0 Å². The Balaban J connectivity index is 2.12. The van der Waals surface area contributed by atoms with E-state index in [4.69, 9.17) is 11.6 Å². The zero-order valence-electron chi connectivity index (χ0n) is 7.96. The lowest BCUT2D eigenvalue weighted by atomic mass is 10.2. The summed E-state index contributed by atoms with van der Waals surface area (Å²) in [5, 5.41) is 4.15. The number of amides is 1. The van der Waals surface area contributed by atoms with Gasteiger partial charge in [0.1, 0.15) is 0 Å². The highest BCUT2D eigenvalue weighted by Gasteiger charge is 2.43. The summed E-state index contributed by atoms with van der Waals surface area (Å²) in [5.74, 6) is -0.126. The maximum atomic E-state index is 11.8. The van der Waals surface area contributed by atoms with Crippen LogP contribution in [0, 0.1) is 0 Å². The second-order valence-corrected chi connectivity index (χ2v) is 4.69. The fraction of sp³-hybridized carbons (Fsp3) is 0.400. The summed E-state index contributed by atoms with van der Waals surface area (Å²) >= 11 is 9.27. The molecule has 0 atom stereocenters. The van der Waals surface area contributed by atoms with E-state index in [-0.39, 0.29) is 11.4 Å². The molecule has 80 valence electrons. The van der Waals surface area contributed by atoms with Crippen LogP contribution in [0.2, 0.25) is 5.02 Å². The molecule has 0 unspecified atom stereocenters. The molecular weight excluding hydrogens is 279 g/mol. The van der Waals surface area contributed by atoms with E-state index in [9.17, 15) is 4.79 Å². The molecule has 1 aromatic rings. The van der Waals surface area contributed by atoms with E-state index in [1.807, 2.05) is 0 Å². The van der Waals surface area contributed by atoms with Crippen molar-refractivity contribution in [2.75, 3.05) is 5.33 Å². The number of hydrogen-bond acceptors (Lipinski definition) is 2. The number of carbonyl (C=O) groups excluding carboxylic acids is 1. The Hall–Kier alpha value is -0.610. The number of carbonyl (C=O) groups is 1. The highest BCUT2D eigenvalue weighted by atomic mass is 79.9. The van der Waals surface area contributed by atoms with Crippen LogP contribution in [0.25, 0.3) is 0 Å². The molecule has 3 nitrogen and oxygen atoms in total. The molecule has 1 heterocycles. The van der Waals surface area contributed by atoms with Crippen molar-refractivity contribution in [1.82, 2.24) is 10.3 Å². The minimum Gasteiger partial charge on any atom is -0.346 e. The zero-order valence-corrected chi connectivity index (χ0v) is 10.3. The largest absolute Gasteiger partial charge is 0.346 e. The second kappa shape index (κ2) is 4.10. The van der Waals surface area contributed by atoms with Crippen molar-refractivity contribution in [3.05, 3.63) is 29.0 Å². The number of halogens is 2. The van der Waals surface area contributed by atoms with E-state index in [1.54, 1.807) is 12.3 Å². The standard InChI is InChI=1S/C10H10BrClN2O/c11-6-10(2-3-10)14-9(15)7-1-4-13-5-8(7)12/h1,4-5H,2-3,6H2,(H,14,15). The molecule has 1 N–H and O–H groups in total. The average molecular weight is 290 g/mol. The van der Waals surface area contributed by atoms with Gasteiger partial charge in [0.25, 0.3) is 5.91 Å². The molecule has 1 amide bonds. The van der Waals surface area contributed by atoms with Crippen molar-refractivity contribution in [3.63, 3.8) is 0 Å². The van der Waals surface area contributed by atoms with Crippen LogP contribution in [0.5, 0.6) is 0 Å². The van der Waals surface area contributed by atoms with E-state index in [1.165, 1.54) is 6.20 Å². The smallest absolute Gasteiger partial charge is 0.253 e. The topological polar surface area (TPSA) is 42.0 Å². The minimum atomic E-state index is -0.126. The highest BCUT2D eigenvalue weighted by molar-refractivity contribution is 9.09. The minimum absolute atomic E-state index is 0.0519. The molecular formula is C10H10BrClN2O. The third-order valence-electron chi connectivity index (χ3n) is 2.51. The molecule has 5 heteroatoms. The number of hydrogen-bond donors (Lipinski definition) is 1. The molecule has 1 saturated carbocycles. The SMILES string of the molecule is O=C(NC1(CBr)CC1)c1ccncc1Cl. The summed E-state index contributed by atoms with van der Waals surface area (Å²) in [7, 11) is 0. The number of rotatable bonds is 3. The average Bonchev–Trinajstić information content (AvgIpc) is 2.99. The van der Waals surface area contributed by atoms with Crippen molar-refractivity contribution >= 4 is 33.4 Å². The van der Waals surface area contributed by atoms with Gasteiger partial charge < -0.3 is 5.32 Å². The first-order chi connectivity index (χ1) is 7.17. The van der Waals surface area contributed by atoms with E-state index >= 15 is 0 Å². The molecule has 1 aromatic heterocycles. The summed E-state index contributed by atoms with van der Waals surface area (Å²) in [6.07, 6.45) is 5.08. The van der Waals surface area contributed by atoms with Gasteiger partial charge >= 0.3 is 0 Å². The molecule has 1 aliphatic rings. The fourth-order valence-corrected chi connectivity index (χ4v) is 2.22. The monoisotopic (exact) mass is 288 g/mol. The van der Waals surface area contributed by atoms with E-state index < -0.39 is 0 Å². The number of aromatic nitrogens is 1. The summed E-state index contributed by atoms with van der Waals surface area (Å²) in [5.41, 5.74) is 0.433. The van der Waals surface area contributed by atoms with E-state index in [0.29, 0.717) is 10.6 Å². The van der Waals surface area contributed by atoms with Gasteiger partial charge in [-0.15, -0.1) is 0 Å². The van der Waals surface area contributed by atoms with Gasteiger partial charge in [0.05, 0.1) is 16.1 Å². The van der Waals surface area contributed by atoms with Crippen molar-refractivity contribution in [1.29, 1.82) is 0 Å². The number of alkyl halides is 1. The lowest BCUT2D eigenvalue weighted by Crippen LogP contribution is -2.38. The molecule has 0 radical (unpaired) electrons. The number of nitrogens with zero attached hydrogens (tertiary/aromatic N) is 1. The van der Waals surface area contributed by atoms with Gasteiger partial charge in [-0.05, 0) is 18.9 Å². The Morgan fingerprint density at radius 2 is 2.40 bits per heavy atom. The van der Waals surface area contributed by atoms with E-state index in [0.717, 1.165) is 18.2 Å². The lowest BCUT2D eigenvalue weighted by Gasteiger charge is -2.14. The first-order valence-corrected chi connectivity index (χ1v) is 6.15. The first kappa shape index (κ1) is 10.9. The summed E-state index contributed by atoms with van der Waals surface area (Å²) in [6.45, 7) is 0. The maximum absolute atomic E-state index is 11.8. The predicted molar refractivity (Wildman–Crippen MR) is 62.5 cm³/mol. The molecule has 0 bridgehead atoms. The fourth-order valence-electron chi connectivity index (χ4n) is 1.31. The van der Waals surface area contributed by atoms with Crippen molar-refractivity contribution in [2.24, 2.45) is 0 Å². The maximum Gasteiger partial charge on any atom is 0.253 e. The molecule has 1 fully saturated rings. The Bertz CT molecular complexity index is 393. The van der Waals surface area contributed by atoms with Crippen LogP contribution in [0.3, 0.4) is 0 Å². The molecule has 15 heavy (non-hydrogen) atoms. The van der Waals surface area contributed by atoms with Crippen LogP contribution >= 0.6 is 27.5 Å². The van der Waals surface area contributed by atoms with Gasteiger partial charge in [-0.2, -0.15) is 0 Å². The van der Waals surface area contributed by atoms with Gasteiger partial charge in [-0.3, -0.25) is 9.78 Å². The Morgan fingerprint density at radius 3 is 2.93 bits per heavy atom. The van der Waals surface area contributed by atoms with Gasteiger partial charge in [0, 0.05) is 17.7 Å². The molecule has 1 aliphatic carbocycles. The van der Waals surface area contributed by atoms with Crippen molar-refractivity contribution < 1.29 is 4.79 Å². The molecule has 0 spiro atoms. The second-order valence-electron chi connectivity index (χ2n) is 3.72. The molecule has 2 rings (SSSR count). The number of pyridine rings is 1. The number of nitrogens with one attached hydrogen (secondary N) is 1. The molecule has 0 aromatic carbocycles. The predicted octanol–water partition coefficient (Wildman–Crippen LogP) is 2.39. The lowest BCUT2D eigenvalue weighted by molar-refractivity contribution is 0.0936. The third-order valence-corrected chi connectivity index (χ3v) is 3.88. The van der Waals surface area contributed by atoms with E-state index in [2.05, 4.69) is 26.2 Å². The Kier molecular flexibility index (Phi) is 2.98.